The zero-order chi connectivity index (χ0) is 12.0. The molecule has 2 N–H and O–H groups in total. The fourth-order valence-electron chi connectivity index (χ4n) is 1.24. The highest BCUT2D eigenvalue weighted by Gasteiger charge is 2.09. The van der Waals surface area contributed by atoms with Gasteiger partial charge in [0, 0.05) is 11.6 Å². The minimum Gasteiger partial charge on any atom is -0.352 e. The van der Waals surface area contributed by atoms with Gasteiger partial charge in [-0.15, -0.1) is 12.4 Å². The second-order valence-electron chi connectivity index (χ2n) is 3.34. The molecule has 17 heavy (non-hydrogen) atoms. The van der Waals surface area contributed by atoms with Gasteiger partial charge in [0.15, 0.2) is 0 Å². The van der Waals surface area contributed by atoms with Gasteiger partial charge < -0.3 is 10.6 Å². The van der Waals surface area contributed by atoms with Gasteiger partial charge in [-0.05, 0) is 38.2 Å². The summed E-state index contributed by atoms with van der Waals surface area (Å²) in [5, 5.41) is 6.69. The first kappa shape index (κ1) is 16.5. The zero-order valence-corrected chi connectivity index (χ0v) is 11.8. The van der Waals surface area contributed by atoms with Crippen LogP contribution >= 0.6 is 35.6 Å². The molecule has 1 rings (SSSR count). The number of halogens is 3. The molecule has 0 spiro atoms. The van der Waals surface area contributed by atoms with Crippen LogP contribution < -0.4 is 10.6 Å². The predicted molar refractivity (Wildman–Crippen MR) is 74.6 cm³/mol. The lowest BCUT2D eigenvalue weighted by Crippen LogP contribution is -2.26. The normalized spacial score (nSPS) is 9.59. The van der Waals surface area contributed by atoms with Crippen molar-refractivity contribution in [2.24, 2.45) is 0 Å². The number of hydrogen-bond donors (Lipinski definition) is 2. The summed E-state index contributed by atoms with van der Waals surface area (Å²) in [5.41, 5.74) is 0.454. The van der Waals surface area contributed by atoms with Gasteiger partial charge in [0.25, 0.3) is 5.91 Å². The molecule has 0 radical (unpaired) electrons. The summed E-state index contributed by atoms with van der Waals surface area (Å²) < 4.78 is 0. The van der Waals surface area contributed by atoms with Crippen LogP contribution in [0.15, 0.2) is 18.2 Å². The average Bonchev–Trinajstić information content (AvgIpc) is 2.24. The number of nitrogens with one attached hydrogen (secondary N) is 2. The lowest BCUT2D eigenvalue weighted by molar-refractivity contribution is 0.0953. The van der Waals surface area contributed by atoms with Gasteiger partial charge in [-0.2, -0.15) is 0 Å². The Morgan fingerprint density at radius 3 is 2.59 bits per heavy atom. The second-order valence-corrected chi connectivity index (χ2v) is 4.18. The summed E-state index contributed by atoms with van der Waals surface area (Å²) in [4.78, 5) is 11.7. The molecule has 96 valence electrons. The number of hydrogen-bond acceptors (Lipinski definition) is 2. The average molecular weight is 298 g/mol. The van der Waals surface area contributed by atoms with Crippen molar-refractivity contribution in [3.63, 3.8) is 0 Å². The highest BCUT2D eigenvalue weighted by Crippen LogP contribution is 2.20. The van der Waals surface area contributed by atoms with E-state index >= 15 is 0 Å². The monoisotopic (exact) mass is 296 g/mol. The summed E-state index contributed by atoms with van der Waals surface area (Å²) in [6.45, 7) is 1.49. The van der Waals surface area contributed by atoms with Crippen LogP contribution in [0.4, 0.5) is 0 Å². The van der Waals surface area contributed by atoms with Crippen LogP contribution in [0.1, 0.15) is 16.8 Å². The Hall–Kier alpha value is -0.480. The van der Waals surface area contributed by atoms with Crippen molar-refractivity contribution in [2.75, 3.05) is 20.1 Å². The molecule has 0 atom stereocenters. The maximum absolute atomic E-state index is 11.7. The first-order chi connectivity index (χ1) is 7.65. The van der Waals surface area contributed by atoms with Crippen LogP contribution in [0.5, 0.6) is 0 Å². The Morgan fingerprint density at radius 1 is 1.29 bits per heavy atom. The Morgan fingerprint density at radius 2 is 2.00 bits per heavy atom. The summed E-state index contributed by atoms with van der Waals surface area (Å²) in [7, 11) is 1.87. The Kier molecular flexibility index (Phi) is 8.35. The lowest BCUT2D eigenvalue weighted by Gasteiger charge is -2.06. The predicted octanol–water partition coefficient (Wildman–Crippen LogP) is 2.75. The molecule has 1 aromatic carbocycles. The van der Waals surface area contributed by atoms with Gasteiger partial charge in [0.05, 0.1) is 10.6 Å². The SMILES string of the molecule is CNCCCNC(=O)c1ccc(Cl)cc1Cl.Cl. The van der Waals surface area contributed by atoms with Crippen LogP contribution in [0, 0.1) is 0 Å². The van der Waals surface area contributed by atoms with Crippen LogP contribution in [0.3, 0.4) is 0 Å². The van der Waals surface area contributed by atoms with Gasteiger partial charge in [0.1, 0.15) is 0 Å². The lowest BCUT2D eigenvalue weighted by atomic mass is 10.2. The number of rotatable bonds is 5. The van der Waals surface area contributed by atoms with Crippen molar-refractivity contribution in [2.45, 2.75) is 6.42 Å². The zero-order valence-electron chi connectivity index (χ0n) is 9.43. The maximum Gasteiger partial charge on any atom is 0.252 e. The minimum absolute atomic E-state index is 0. The fraction of sp³-hybridized carbons (Fsp3) is 0.364. The molecule has 1 aromatic rings. The van der Waals surface area contributed by atoms with E-state index in [2.05, 4.69) is 10.6 Å². The van der Waals surface area contributed by atoms with Gasteiger partial charge in [-0.1, -0.05) is 23.2 Å². The van der Waals surface area contributed by atoms with E-state index in [-0.39, 0.29) is 18.3 Å². The first-order valence-electron chi connectivity index (χ1n) is 5.03. The summed E-state index contributed by atoms with van der Waals surface area (Å²) in [6, 6.07) is 4.83. The summed E-state index contributed by atoms with van der Waals surface area (Å²) in [6.07, 6.45) is 0.882. The molecule has 0 unspecified atom stereocenters. The number of benzene rings is 1. The number of carbonyl (C=O) groups is 1. The molecule has 0 aliphatic heterocycles. The van der Waals surface area contributed by atoms with Crippen molar-refractivity contribution in [3.05, 3.63) is 33.8 Å². The molecular formula is C11H15Cl3N2O. The summed E-state index contributed by atoms with van der Waals surface area (Å²) in [5.74, 6) is -0.169. The molecule has 0 aromatic heterocycles. The van der Waals surface area contributed by atoms with E-state index in [0.717, 1.165) is 13.0 Å². The van der Waals surface area contributed by atoms with E-state index in [0.29, 0.717) is 22.2 Å². The molecule has 0 saturated carbocycles. The van der Waals surface area contributed by atoms with E-state index < -0.39 is 0 Å². The highest BCUT2D eigenvalue weighted by atomic mass is 35.5. The van der Waals surface area contributed by atoms with E-state index in [1.54, 1.807) is 18.2 Å². The smallest absolute Gasteiger partial charge is 0.252 e. The molecule has 1 amide bonds. The van der Waals surface area contributed by atoms with Gasteiger partial charge in [-0.25, -0.2) is 0 Å². The van der Waals surface area contributed by atoms with Crippen LogP contribution in [0.25, 0.3) is 0 Å². The Labute approximate surface area is 117 Å². The number of amides is 1. The number of carbonyl (C=O) groups excluding carboxylic acids is 1. The first-order valence-corrected chi connectivity index (χ1v) is 5.78. The van der Waals surface area contributed by atoms with Crippen molar-refractivity contribution >= 4 is 41.5 Å². The van der Waals surface area contributed by atoms with Crippen molar-refractivity contribution in [1.29, 1.82) is 0 Å². The maximum atomic E-state index is 11.7. The van der Waals surface area contributed by atoms with E-state index in [4.69, 9.17) is 23.2 Å². The molecule has 0 saturated heterocycles. The van der Waals surface area contributed by atoms with E-state index in [1.165, 1.54) is 0 Å². The van der Waals surface area contributed by atoms with Gasteiger partial charge in [-0.3, -0.25) is 4.79 Å². The largest absolute Gasteiger partial charge is 0.352 e. The van der Waals surface area contributed by atoms with Gasteiger partial charge in [0.2, 0.25) is 0 Å². The molecule has 0 bridgehead atoms. The van der Waals surface area contributed by atoms with Crippen LogP contribution in [0.2, 0.25) is 10.0 Å². The third kappa shape index (κ3) is 5.59. The molecule has 0 aliphatic carbocycles. The molecule has 3 nitrogen and oxygen atoms in total. The molecular weight excluding hydrogens is 282 g/mol. The second kappa shape index (κ2) is 8.59. The summed E-state index contributed by atoms with van der Waals surface area (Å²) >= 11 is 11.6. The van der Waals surface area contributed by atoms with Crippen LogP contribution in [-0.4, -0.2) is 26.0 Å². The molecule has 0 heterocycles. The topological polar surface area (TPSA) is 41.1 Å². The standard InChI is InChI=1S/C11H14Cl2N2O.ClH/c1-14-5-2-6-15-11(16)9-4-3-8(12)7-10(9)13;/h3-4,7,14H,2,5-6H2,1H3,(H,15,16);1H. The van der Waals surface area contributed by atoms with E-state index in [1.807, 2.05) is 7.05 Å². The molecule has 0 fully saturated rings. The van der Waals surface area contributed by atoms with Crippen molar-refractivity contribution < 1.29 is 4.79 Å². The Balaban J connectivity index is 0.00000256. The minimum atomic E-state index is -0.169. The molecule has 6 heteroatoms. The Bertz CT molecular complexity index is 372. The third-order valence-electron chi connectivity index (χ3n) is 2.06. The fourth-order valence-corrected chi connectivity index (χ4v) is 1.73. The van der Waals surface area contributed by atoms with E-state index in [9.17, 15) is 4.79 Å². The van der Waals surface area contributed by atoms with Crippen molar-refractivity contribution in [3.8, 4) is 0 Å². The highest BCUT2D eigenvalue weighted by molar-refractivity contribution is 6.36. The molecule has 0 aliphatic rings. The van der Waals surface area contributed by atoms with Crippen LogP contribution in [-0.2, 0) is 0 Å². The van der Waals surface area contributed by atoms with Gasteiger partial charge >= 0.3 is 0 Å². The third-order valence-corrected chi connectivity index (χ3v) is 2.61. The quantitative estimate of drug-likeness (QED) is 0.821. The van der Waals surface area contributed by atoms with Crippen molar-refractivity contribution in [1.82, 2.24) is 10.6 Å².